The van der Waals surface area contributed by atoms with E-state index in [1.54, 1.807) is 0 Å². The first-order valence-corrected chi connectivity index (χ1v) is 11.8. The quantitative estimate of drug-likeness (QED) is 0.524. The minimum atomic E-state index is -0.688. The van der Waals surface area contributed by atoms with Gasteiger partial charge in [-0.2, -0.15) is 0 Å². The van der Waals surface area contributed by atoms with Crippen molar-refractivity contribution in [1.82, 2.24) is 0 Å². The maximum atomic E-state index is 6.42. The third-order valence-corrected chi connectivity index (χ3v) is 6.18. The molecule has 1 aromatic carbocycles. The molecule has 0 aromatic heterocycles. The molecule has 0 radical (unpaired) electrons. The van der Waals surface area contributed by atoms with Gasteiger partial charge in [-0.15, -0.1) is 0 Å². The minimum Gasteiger partial charge on any atom is -0.368 e. The summed E-state index contributed by atoms with van der Waals surface area (Å²) in [5.74, 6) is -1.31. The molecule has 3 aliphatic heterocycles. The van der Waals surface area contributed by atoms with Crippen LogP contribution in [0.15, 0.2) is 24.3 Å². The zero-order valence-corrected chi connectivity index (χ0v) is 19.6. The number of hydrogen-bond acceptors (Lipinski definition) is 6. The fourth-order valence-electron chi connectivity index (χ4n) is 4.69. The molecule has 3 fully saturated rings. The molecule has 0 N–H and O–H groups in total. The summed E-state index contributed by atoms with van der Waals surface area (Å²) in [6.07, 6.45) is 4.64. The highest BCUT2D eigenvalue weighted by atomic mass is 16.8. The van der Waals surface area contributed by atoms with Crippen LogP contribution in [-0.4, -0.2) is 48.9 Å². The van der Waals surface area contributed by atoms with Gasteiger partial charge >= 0.3 is 0 Å². The summed E-state index contributed by atoms with van der Waals surface area (Å²) in [7, 11) is 0. The lowest BCUT2D eigenvalue weighted by molar-refractivity contribution is -0.236. The van der Waals surface area contributed by atoms with Crippen molar-refractivity contribution in [1.29, 1.82) is 0 Å². The van der Waals surface area contributed by atoms with E-state index in [0.29, 0.717) is 13.2 Å². The molecular weight excluding hydrogens is 396 g/mol. The highest BCUT2D eigenvalue weighted by Gasteiger charge is 2.58. The van der Waals surface area contributed by atoms with E-state index in [2.05, 4.69) is 31.2 Å². The normalized spacial score (nSPS) is 33.6. The average Bonchev–Trinajstić information content (AvgIpc) is 3.32. The number of ether oxygens (including phenoxy) is 6. The summed E-state index contributed by atoms with van der Waals surface area (Å²) >= 11 is 0. The first kappa shape index (κ1) is 23.1. The van der Waals surface area contributed by atoms with Gasteiger partial charge in [-0.3, -0.25) is 0 Å². The van der Waals surface area contributed by atoms with Gasteiger partial charge < -0.3 is 28.4 Å². The van der Waals surface area contributed by atoms with Gasteiger partial charge in [0.25, 0.3) is 0 Å². The fourth-order valence-corrected chi connectivity index (χ4v) is 4.69. The maximum absolute atomic E-state index is 6.42. The van der Waals surface area contributed by atoms with Gasteiger partial charge in [0.05, 0.1) is 13.2 Å². The molecule has 4 rings (SSSR count). The van der Waals surface area contributed by atoms with E-state index >= 15 is 0 Å². The van der Waals surface area contributed by atoms with Gasteiger partial charge in [0.15, 0.2) is 17.9 Å². The first-order chi connectivity index (χ1) is 14.8. The van der Waals surface area contributed by atoms with Crippen LogP contribution in [0.3, 0.4) is 0 Å². The van der Waals surface area contributed by atoms with Gasteiger partial charge in [0.1, 0.15) is 24.4 Å². The van der Waals surface area contributed by atoms with Crippen molar-refractivity contribution in [3.8, 4) is 0 Å². The van der Waals surface area contributed by atoms with Crippen LogP contribution in [0.5, 0.6) is 0 Å². The van der Waals surface area contributed by atoms with Crippen LogP contribution in [-0.2, 0) is 41.4 Å². The number of unbranched alkanes of at least 4 members (excludes halogenated alkanes) is 3. The number of aryl methyl sites for hydroxylation is 1. The standard InChI is InChI=1S/C25H38O6/c1-6-7-8-9-11-17-12-10-13-18(14-17)15-26-21-20(19-16-27-24(2,3)29-19)28-23-22(21)30-25(4,5)31-23/h10,12-14,19-23H,6-9,11,15-16H2,1-5H3/t19-,20-,21+,22-,23-/m1/s1. The topological polar surface area (TPSA) is 55.4 Å². The Labute approximate surface area is 186 Å². The number of fused-ring (bicyclic) bond motifs is 1. The lowest BCUT2D eigenvalue weighted by Gasteiger charge is -2.29. The highest BCUT2D eigenvalue weighted by molar-refractivity contribution is 5.23. The van der Waals surface area contributed by atoms with Gasteiger partial charge in [-0.1, -0.05) is 50.5 Å². The Bertz CT molecular complexity index is 732. The van der Waals surface area contributed by atoms with Crippen molar-refractivity contribution in [2.75, 3.05) is 6.61 Å². The average molecular weight is 435 g/mol. The summed E-state index contributed by atoms with van der Waals surface area (Å²) in [5, 5.41) is 0. The van der Waals surface area contributed by atoms with E-state index in [0.717, 1.165) is 12.0 Å². The summed E-state index contributed by atoms with van der Waals surface area (Å²) in [6.45, 7) is 10.8. The van der Waals surface area contributed by atoms with Crippen LogP contribution in [0.25, 0.3) is 0 Å². The van der Waals surface area contributed by atoms with Gasteiger partial charge in [-0.05, 0) is 51.7 Å². The lowest BCUT2D eigenvalue weighted by Crippen LogP contribution is -2.44. The Morgan fingerprint density at radius 1 is 0.935 bits per heavy atom. The molecule has 0 saturated carbocycles. The third kappa shape index (κ3) is 5.67. The SMILES string of the molecule is CCCCCCc1cccc(CO[C@@H]2[C@H]3OC(C)(C)O[C@H]3O[C@@H]2[C@H]2COC(C)(C)O2)c1. The van der Waals surface area contributed by atoms with Crippen LogP contribution in [0.2, 0.25) is 0 Å². The van der Waals surface area contributed by atoms with Crippen molar-refractivity contribution in [3.05, 3.63) is 35.4 Å². The Morgan fingerprint density at radius 2 is 1.74 bits per heavy atom. The van der Waals surface area contributed by atoms with E-state index in [4.69, 9.17) is 28.4 Å². The Kier molecular flexibility index (Phi) is 7.06. The molecular formula is C25H38O6. The van der Waals surface area contributed by atoms with E-state index in [1.165, 1.54) is 31.2 Å². The molecule has 1 aromatic rings. The monoisotopic (exact) mass is 434 g/mol. The number of benzene rings is 1. The molecule has 3 heterocycles. The Hall–Kier alpha value is -1.02. The predicted octanol–water partition coefficient (Wildman–Crippen LogP) is 4.72. The van der Waals surface area contributed by atoms with Crippen LogP contribution >= 0.6 is 0 Å². The molecule has 0 bridgehead atoms. The number of rotatable bonds is 9. The molecule has 5 atom stereocenters. The Balaban J connectivity index is 1.41. The van der Waals surface area contributed by atoms with Crippen LogP contribution in [0, 0.1) is 0 Å². The van der Waals surface area contributed by atoms with Crippen molar-refractivity contribution >= 4 is 0 Å². The van der Waals surface area contributed by atoms with Crippen LogP contribution in [0.4, 0.5) is 0 Å². The molecule has 0 aliphatic carbocycles. The molecule has 6 nitrogen and oxygen atoms in total. The summed E-state index contributed by atoms with van der Waals surface area (Å²) in [6, 6.07) is 8.69. The molecule has 3 aliphatic rings. The molecule has 3 saturated heterocycles. The van der Waals surface area contributed by atoms with E-state index < -0.39 is 17.9 Å². The van der Waals surface area contributed by atoms with Crippen molar-refractivity contribution in [3.63, 3.8) is 0 Å². The maximum Gasteiger partial charge on any atom is 0.190 e. The summed E-state index contributed by atoms with van der Waals surface area (Å²) < 4.78 is 36.6. The third-order valence-electron chi connectivity index (χ3n) is 6.18. The molecule has 31 heavy (non-hydrogen) atoms. The van der Waals surface area contributed by atoms with E-state index in [9.17, 15) is 0 Å². The van der Waals surface area contributed by atoms with Crippen molar-refractivity contribution < 1.29 is 28.4 Å². The van der Waals surface area contributed by atoms with Crippen molar-refractivity contribution in [2.24, 2.45) is 0 Å². The Morgan fingerprint density at radius 3 is 2.48 bits per heavy atom. The largest absolute Gasteiger partial charge is 0.368 e. The summed E-state index contributed by atoms with van der Waals surface area (Å²) in [4.78, 5) is 0. The molecule has 0 unspecified atom stereocenters. The van der Waals surface area contributed by atoms with Crippen LogP contribution < -0.4 is 0 Å². The first-order valence-electron chi connectivity index (χ1n) is 11.8. The van der Waals surface area contributed by atoms with Gasteiger partial charge in [0.2, 0.25) is 0 Å². The van der Waals surface area contributed by atoms with Gasteiger partial charge in [0, 0.05) is 0 Å². The van der Waals surface area contributed by atoms with E-state index in [-0.39, 0.29) is 24.4 Å². The van der Waals surface area contributed by atoms with Crippen LogP contribution in [0.1, 0.15) is 71.4 Å². The molecule has 6 heteroatoms. The second kappa shape index (κ2) is 9.46. The van der Waals surface area contributed by atoms with Gasteiger partial charge in [-0.25, -0.2) is 0 Å². The van der Waals surface area contributed by atoms with Crippen molar-refractivity contribution in [2.45, 2.75) is 116 Å². The lowest BCUT2D eigenvalue weighted by atomic mass is 10.0. The molecule has 0 amide bonds. The zero-order chi connectivity index (χ0) is 22.1. The highest BCUT2D eigenvalue weighted by Crippen LogP contribution is 2.42. The fraction of sp³-hybridized carbons (Fsp3) is 0.760. The number of hydrogen-bond donors (Lipinski definition) is 0. The smallest absolute Gasteiger partial charge is 0.190 e. The molecule has 0 spiro atoms. The summed E-state index contributed by atoms with van der Waals surface area (Å²) in [5.41, 5.74) is 2.53. The minimum absolute atomic E-state index is 0.217. The zero-order valence-electron chi connectivity index (χ0n) is 19.6. The predicted molar refractivity (Wildman–Crippen MR) is 116 cm³/mol. The second-order valence-corrected chi connectivity index (χ2v) is 9.84. The molecule has 174 valence electrons. The van der Waals surface area contributed by atoms with E-state index in [1.807, 2.05) is 27.7 Å². The second-order valence-electron chi connectivity index (χ2n) is 9.84.